The van der Waals surface area contributed by atoms with Crippen molar-refractivity contribution in [1.29, 1.82) is 0 Å². The molecule has 0 saturated heterocycles. The van der Waals surface area contributed by atoms with E-state index in [2.05, 4.69) is 25.0 Å². The Kier molecular flexibility index (Phi) is 6.25. The van der Waals surface area contributed by atoms with E-state index in [-0.39, 0.29) is 39.6 Å². The summed E-state index contributed by atoms with van der Waals surface area (Å²) in [6.45, 7) is 4.91. The van der Waals surface area contributed by atoms with Crippen molar-refractivity contribution in [3.8, 4) is 22.8 Å². The maximum atomic E-state index is 16.2. The van der Waals surface area contributed by atoms with E-state index in [1.54, 1.807) is 33.0 Å². The molecule has 0 unspecified atom stereocenters. The quantitative estimate of drug-likeness (QED) is 0.279. The first-order valence-electron chi connectivity index (χ1n) is 12.4. The lowest BCUT2D eigenvalue weighted by Crippen LogP contribution is -2.24. The molecule has 2 atom stereocenters. The van der Waals surface area contributed by atoms with Crippen LogP contribution in [0.5, 0.6) is 0 Å². The minimum Gasteiger partial charge on any atom is -0.277 e. The van der Waals surface area contributed by atoms with Gasteiger partial charge in [0.05, 0.1) is 11.9 Å². The fourth-order valence-electron chi connectivity index (χ4n) is 5.07. The van der Waals surface area contributed by atoms with Crippen LogP contribution in [0.25, 0.3) is 22.8 Å². The highest BCUT2D eigenvalue weighted by Crippen LogP contribution is 2.55. The van der Waals surface area contributed by atoms with Gasteiger partial charge in [0, 0.05) is 29.8 Å². The second-order valence-corrected chi connectivity index (χ2v) is 10.1. The van der Waals surface area contributed by atoms with E-state index >= 15 is 8.78 Å². The maximum Gasteiger partial charge on any atom is 0.274 e. The van der Waals surface area contributed by atoms with Gasteiger partial charge in [-0.25, -0.2) is 23.1 Å². The Labute approximate surface area is 231 Å². The Balaban J connectivity index is 1.44. The van der Waals surface area contributed by atoms with Gasteiger partial charge in [0.2, 0.25) is 0 Å². The average Bonchev–Trinajstić information content (AvgIpc) is 3.61. The van der Waals surface area contributed by atoms with Gasteiger partial charge in [-0.1, -0.05) is 11.6 Å². The normalized spacial score (nSPS) is 16.4. The summed E-state index contributed by atoms with van der Waals surface area (Å²) in [6, 6.07) is 4.45. The lowest BCUT2D eigenvalue weighted by atomic mass is 10.0. The number of hydrogen-bond acceptors (Lipinski definition) is 6. The Morgan fingerprint density at radius 1 is 0.975 bits per heavy atom. The molecule has 6 rings (SSSR count). The van der Waals surface area contributed by atoms with E-state index in [1.165, 1.54) is 35.4 Å². The molecule has 1 aliphatic rings. The molecule has 0 aliphatic heterocycles. The van der Waals surface area contributed by atoms with Gasteiger partial charge in [-0.3, -0.25) is 19.3 Å². The summed E-state index contributed by atoms with van der Waals surface area (Å²) in [5, 5.41) is 4.02. The van der Waals surface area contributed by atoms with Crippen LogP contribution in [-0.2, 0) is 0 Å². The van der Waals surface area contributed by atoms with Gasteiger partial charge in [0.1, 0.15) is 28.7 Å². The molecular formula is C28H21ClF3N7O. The van der Waals surface area contributed by atoms with Crippen molar-refractivity contribution in [2.45, 2.75) is 39.0 Å². The number of hydrogen-bond donors (Lipinski definition) is 0. The highest BCUT2D eigenvalue weighted by atomic mass is 35.5. The van der Waals surface area contributed by atoms with Crippen LogP contribution in [0.2, 0.25) is 5.02 Å². The average molecular weight is 564 g/mol. The molecule has 1 aliphatic carbocycles. The van der Waals surface area contributed by atoms with Crippen LogP contribution in [0, 0.1) is 38.2 Å². The molecule has 5 aromatic heterocycles. The van der Waals surface area contributed by atoms with Gasteiger partial charge < -0.3 is 0 Å². The number of halogens is 4. The van der Waals surface area contributed by atoms with Crippen LogP contribution in [0.3, 0.4) is 0 Å². The van der Waals surface area contributed by atoms with E-state index in [0.717, 1.165) is 16.4 Å². The van der Waals surface area contributed by atoms with Gasteiger partial charge in [0.25, 0.3) is 5.56 Å². The van der Waals surface area contributed by atoms with Crippen LogP contribution < -0.4 is 5.56 Å². The number of rotatable bonds is 5. The highest BCUT2D eigenvalue weighted by Gasteiger charge is 2.42. The summed E-state index contributed by atoms with van der Waals surface area (Å²) < 4.78 is 47.7. The Hall–Kier alpha value is -4.38. The third-order valence-corrected chi connectivity index (χ3v) is 7.43. The van der Waals surface area contributed by atoms with E-state index in [1.807, 2.05) is 0 Å². The predicted molar refractivity (Wildman–Crippen MR) is 141 cm³/mol. The molecule has 202 valence electrons. The SMILES string of the molecule is Cc1ncn(-c2nccc(-c3ncc(C)c(-n4c(C)cc([C@H]5C[C@@H]5c5cncc(F)c5)c(Cl)c4=O)c3F)c2F)n1. The number of aryl methyl sites for hydroxylation is 3. The van der Waals surface area contributed by atoms with Gasteiger partial charge in [-0.05, 0) is 73.9 Å². The first-order chi connectivity index (χ1) is 19.2. The summed E-state index contributed by atoms with van der Waals surface area (Å²) in [5.41, 5.74) is 0.955. The van der Waals surface area contributed by atoms with E-state index in [4.69, 9.17) is 11.6 Å². The van der Waals surface area contributed by atoms with Gasteiger partial charge in [-0.2, -0.15) is 9.78 Å². The second-order valence-electron chi connectivity index (χ2n) is 9.77. The van der Waals surface area contributed by atoms with Gasteiger partial charge in [-0.15, -0.1) is 0 Å². The Bertz CT molecular complexity index is 1870. The fraction of sp³-hybridized carbons (Fsp3) is 0.214. The standard InChI is InChI=1S/C28H21ClF3N7O/c1-13-9-35-25(18-4-5-34-27(23(18)31)38-12-36-15(3)37-38)24(32)26(13)39-14(2)6-21(22(29)28(39)40)20-8-19(20)16-7-17(30)11-33-10-16/h4-7,9-12,19-20H,8H2,1-3H3/t19-,20+/m1/s1. The molecule has 1 fully saturated rings. The topological polar surface area (TPSA) is 91.4 Å². The molecule has 0 radical (unpaired) electrons. The predicted octanol–water partition coefficient (Wildman–Crippen LogP) is 5.54. The number of aromatic nitrogens is 7. The molecule has 40 heavy (non-hydrogen) atoms. The zero-order valence-electron chi connectivity index (χ0n) is 21.5. The largest absolute Gasteiger partial charge is 0.277 e. The third kappa shape index (κ3) is 4.26. The van der Waals surface area contributed by atoms with Gasteiger partial charge in [0.15, 0.2) is 17.5 Å². The van der Waals surface area contributed by atoms with Crippen molar-refractivity contribution >= 4 is 11.6 Å². The lowest BCUT2D eigenvalue weighted by Gasteiger charge is -2.18. The molecule has 0 aromatic carbocycles. The van der Waals surface area contributed by atoms with E-state index in [0.29, 0.717) is 29.1 Å². The van der Waals surface area contributed by atoms with Gasteiger partial charge >= 0.3 is 0 Å². The summed E-state index contributed by atoms with van der Waals surface area (Å²) >= 11 is 6.57. The fourth-order valence-corrected chi connectivity index (χ4v) is 5.35. The van der Waals surface area contributed by atoms with Crippen LogP contribution in [-0.4, -0.2) is 34.3 Å². The molecule has 0 amide bonds. The summed E-state index contributed by atoms with van der Waals surface area (Å²) in [4.78, 5) is 29.6. The number of pyridine rings is 4. The molecule has 8 nitrogen and oxygen atoms in total. The molecule has 0 bridgehead atoms. The van der Waals surface area contributed by atoms with E-state index in [9.17, 15) is 9.18 Å². The van der Waals surface area contributed by atoms with Crippen LogP contribution in [0.15, 0.2) is 54.1 Å². The first kappa shape index (κ1) is 25.9. The Morgan fingerprint density at radius 2 is 1.77 bits per heavy atom. The van der Waals surface area contributed by atoms with Crippen molar-refractivity contribution < 1.29 is 13.2 Å². The molecule has 0 spiro atoms. The lowest BCUT2D eigenvalue weighted by molar-refractivity contribution is 0.590. The molecule has 5 aromatic rings. The Morgan fingerprint density at radius 3 is 2.50 bits per heavy atom. The second kappa shape index (κ2) is 9.67. The minimum absolute atomic E-state index is 0.0287. The van der Waals surface area contributed by atoms with Crippen molar-refractivity contribution in [2.75, 3.05) is 0 Å². The molecular weight excluding hydrogens is 543 g/mol. The molecule has 5 heterocycles. The summed E-state index contributed by atoms with van der Waals surface area (Å²) in [7, 11) is 0. The van der Waals surface area contributed by atoms with Crippen LogP contribution in [0.1, 0.15) is 46.5 Å². The van der Waals surface area contributed by atoms with Crippen molar-refractivity contribution in [3.63, 3.8) is 0 Å². The highest BCUT2D eigenvalue weighted by molar-refractivity contribution is 6.31. The minimum atomic E-state index is -0.894. The maximum absolute atomic E-state index is 16.2. The molecule has 12 heteroatoms. The molecule has 0 N–H and O–H groups in total. The van der Waals surface area contributed by atoms with Crippen molar-refractivity contribution in [3.05, 3.63) is 110 Å². The first-order valence-corrected chi connectivity index (χ1v) is 12.7. The monoisotopic (exact) mass is 563 g/mol. The smallest absolute Gasteiger partial charge is 0.274 e. The summed E-state index contributed by atoms with van der Waals surface area (Å²) in [6.07, 6.45) is 7.39. The van der Waals surface area contributed by atoms with E-state index < -0.39 is 23.0 Å². The third-order valence-electron chi connectivity index (χ3n) is 7.06. The van der Waals surface area contributed by atoms with Crippen molar-refractivity contribution in [1.82, 2.24) is 34.3 Å². The summed E-state index contributed by atoms with van der Waals surface area (Å²) in [5.74, 6) is -2.06. The molecule has 1 saturated carbocycles. The van der Waals surface area contributed by atoms with Crippen LogP contribution >= 0.6 is 11.6 Å². The van der Waals surface area contributed by atoms with Crippen LogP contribution in [0.4, 0.5) is 13.2 Å². The van der Waals surface area contributed by atoms with Crippen molar-refractivity contribution in [2.24, 2.45) is 0 Å². The zero-order valence-corrected chi connectivity index (χ0v) is 22.3. The zero-order chi connectivity index (χ0) is 28.3. The number of nitrogens with zero attached hydrogens (tertiary/aromatic N) is 7.